The van der Waals surface area contributed by atoms with Gasteiger partial charge >= 0.3 is 0 Å². The second kappa shape index (κ2) is 7.95. The molecule has 2 N–H and O–H groups in total. The number of methoxy groups -OCH3 is 2. The smallest absolute Gasteiger partial charge is 0.265 e. The van der Waals surface area contributed by atoms with Gasteiger partial charge in [-0.2, -0.15) is 0 Å². The van der Waals surface area contributed by atoms with Crippen LogP contribution in [0.25, 0.3) is 0 Å². The maximum Gasteiger partial charge on any atom is 0.265 e. The van der Waals surface area contributed by atoms with E-state index >= 15 is 0 Å². The molecule has 2 unspecified atom stereocenters. The Balaban J connectivity index is 1.82. The topological polar surface area (TPSA) is 137 Å². The lowest BCUT2D eigenvalue weighted by atomic mass is 10.3. The van der Waals surface area contributed by atoms with Gasteiger partial charge in [-0.15, -0.1) is 0 Å². The normalized spacial score (nSPS) is 17.9. The van der Waals surface area contributed by atoms with E-state index in [1.54, 1.807) is 24.3 Å². The highest BCUT2D eigenvalue weighted by atomic mass is 32.2. The summed E-state index contributed by atoms with van der Waals surface area (Å²) in [4.78, 5) is 22.2. The zero-order valence-electron chi connectivity index (χ0n) is 15.6. The van der Waals surface area contributed by atoms with Crippen LogP contribution in [0.3, 0.4) is 0 Å². The summed E-state index contributed by atoms with van der Waals surface area (Å²) in [5.74, 6) is -0.588. The molecular weight excluding hydrogens is 402 g/mol. The molecule has 0 aromatic heterocycles. The highest BCUT2D eigenvalue weighted by molar-refractivity contribution is 7.92. The molecule has 1 amide bonds. The van der Waals surface area contributed by atoms with Crippen molar-refractivity contribution < 1.29 is 27.6 Å². The Morgan fingerprint density at radius 1 is 1.10 bits per heavy atom. The molecule has 0 bridgehead atoms. The number of hydrogen-bond acceptors (Lipinski definition) is 7. The number of benzene rings is 2. The van der Waals surface area contributed by atoms with E-state index in [-0.39, 0.29) is 22.8 Å². The average molecular weight is 421 g/mol. The summed E-state index contributed by atoms with van der Waals surface area (Å²) in [6.07, 6.45) is 0.166. The minimum Gasteiger partial charge on any atom is -0.497 e. The van der Waals surface area contributed by atoms with Gasteiger partial charge in [0.2, 0.25) is 11.9 Å². The molecule has 11 heteroatoms. The zero-order valence-corrected chi connectivity index (χ0v) is 16.4. The Kier molecular flexibility index (Phi) is 5.59. The maximum absolute atomic E-state index is 12.8. The molecule has 0 radical (unpaired) electrons. The highest BCUT2D eigenvalue weighted by Gasteiger charge is 2.53. The molecule has 2 aromatic rings. The van der Waals surface area contributed by atoms with E-state index in [2.05, 4.69) is 10.0 Å². The number of carbonyl (C=O) groups is 1. The van der Waals surface area contributed by atoms with Crippen molar-refractivity contribution >= 4 is 27.3 Å². The van der Waals surface area contributed by atoms with E-state index < -0.39 is 32.8 Å². The van der Waals surface area contributed by atoms with Crippen LogP contribution in [0, 0.1) is 16.0 Å². The number of hydrogen-bond donors (Lipinski definition) is 2. The molecule has 29 heavy (non-hydrogen) atoms. The van der Waals surface area contributed by atoms with Gasteiger partial charge in [0.05, 0.1) is 14.2 Å². The Morgan fingerprint density at radius 3 is 2.31 bits per heavy atom. The van der Waals surface area contributed by atoms with Crippen molar-refractivity contribution in [3.63, 3.8) is 0 Å². The van der Waals surface area contributed by atoms with Crippen LogP contribution in [-0.4, -0.2) is 39.5 Å². The lowest BCUT2D eigenvalue weighted by Gasteiger charge is -2.14. The van der Waals surface area contributed by atoms with Gasteiger partial charge in [0, 0.05) is 22.7 Å². The van der Waals surface area contributed by atoms with E-state index in [4.69, 9.17) is 9.47 Å². The van der Waals surface area contributed by atoms with E-state index in [9.17, 15) is 23.3 Å². The van der Waals surface area contributed by atoms with Gasteiger partial charge in [-0.3, -0.25) is 19.6 Å². The molecule has 1 aliphatic carbocycles. The molecule has 0 heterocycles. The average Bonchev–Trinajstić information content (AvgIpc) is 3.49. The van der Waals surface area contributed by atoms with Crippen molar-refractivity contribution in [3.05, 3.63) is 52.6 Å². The first kappa shape index (κ1) is 20.4. The predicted octanol–water partition coefficient (Wildman–Crippen LogP) is 2.11. The number of ether oxygens (including phenoxy) is 2. The summed E-state index contributed by atoms with van der Waals surface area (Å²) in [6.45, 7) is 0. The van der Waals surface area contributed by atoms with E-state index in [1.807, 2.05) is 0 Å². The highest BCUT2D eigenvalue weighted by Crippen LogP contribution is 2.35. The van der Waals surface area contributed by atoms with E-state index in [0.29, 0.717) is 11.4 Å². The second-order valence-electron chi connectivity index (χ2n) is 6.38. The van der Waals surface area contributed by atoms with Crippen LogP contribution in [0.15, 0.2) is 47.4 Å². The van der Waals surface area contributed by atoms with Crippen LogP contribution in [0.1, 0.15) is 6.42 Å². The number of amides is 1. The number of sulfonamides is 1. The summed E-state index contributed by atoms with van der Waals surface area (Å²) in [5.41, 5.74) is 0.508. The first-order valence-corrected chi connectivity index (χ1v) is 10.0. The quantitative estimate of drug-likeness (QED) is 0.492. The Hall–Kier alpha value is -3.34. The van der Waals surface area contributed by atoms with Crippen molar-refractivity contribution in [3.8, 4) is 11.5 Å². The van der Waals surface area contributed by atoms with Gasteiger partial charge in [-0.25, -0.2) is 8.42 Å². The van der Waals surface area contributed by atoms with Gasteiger partial charge in [-0.05, 0) is 42.5 Å². The molecule has 0 spiro atoms. The second-order valence-corrected chi connectivity index (χ2v) is 8.03. The number of nitro groups is 1. The molecule has 0 saturated heterocycles. The number of nitrogens with one attached hydrogen (secondary N) is 2. The fraction of sp³-hybridized carbons (Fsp3) is 0.278. The third-order valence-electron chi connectivity index (χ3n) is 4.43. The van der Waals surface area contributed by atoms with Gasteiger partial charge in [-0.1, -0.05) is 0 Å². The molecule has 1 aliphatic rings. The van der Waals surface area contributed by atoms with Crippen molar-refractivity contribution in [2.45, 2.75) is 17.4 Å². The maximum atomic E-state index is 12.8. The number of anilines is 2. The van der Waals surface area contributed by atoms with Crippen LogP contribution in [-0.2, 0) is 14.8 Å². The number of carbonyl (C=O) groups excluding carboxylic acids is 1. The molecule has 0 aliphatic heterocycles. The summed E-state index contributed by atoms with van der Waals surface area (Å²) in [6, 6.07) is 9.50. The Bertz CT molecular complexity index is 1040. The largest absolute Gasteiger partial charge is 0.497 e. The summed E-state index contributed by atoms with van der Waals surface area (Å²) < 4.78 is 38.3. The fourth-order valence-electron chi connectivity index (χ4n) is 2.76. The molecule has 1 fully saturated rings. The third kappa shape index (κ3) is 4.57. The predicted molar refractivity (Wildman–Crippen MR) is 104 cm³/mol. The van der Waals surface area contributed by atoms with Gasteiger partial charge in [0.25, 0.3) is 10.0 Å². The van der Waals surface area contributed by atoms with E-state index in [1.165, 1.54) is 32.4 Å². The molecule has 154 valence electrons. The van der Waals surface area contributed by atoms with Crippen molar-refractivity contribution in [2.24, 2.45) is 5.92 Å². The van der Waals surface area contributed by atoms with Crippen LogP contribution >= 0.6 is 0 Å². The van der Waals surface area contributed by atoms with E-state index in [0.717, 1.165) is 0 Å². The third-order valence-corrected chi connectivity index (χ3v) is 5.83. The Morgan fingerprint density at radius 2 is 1.76 bits per heavy atom. The van der Waals surface area contributed by atoms with Crippen LogP contribution in [0.2, 0.25) is 0 Å². The minimum absolute atomic E-state index is 0.0820. The van der Waals surface area contributed by atoms with Gasteiger partial charge in [0.1, 0.15) is 22.3 Å². The lowest BCUT2D eigenvalue weighted by Crippen LogP contribution is -2.19. The van der Waals surface area contributed by atoms with Crippen LogP contribution in [0.4, 0.5) is 11.4 Å². The van der Waals surface area contributed by atoms with Gasteiger partial charge < -0.3 is 14.8 Å². The van der Waals surface area contributed by atoms with Crippen molar-refractivity contribution in [1.29, 1.82) is 0 Å². The Labute approximate surface area is 167 Å². The minimum atomic E-state index is -4.04. The lowest BCUT2D eigenvalue weighted by molar-refractivity contribution is -0.497. The molecule has 2 atom stereocenters. The first-order chi connectivity index (χ1) is 13.7. The van der Waals surface area contributed by atoms with Crippen LogP contribution < -0.4 is 19.5 Å². The molecular formula is C18H19N3O7S. The summed E-state index contributed by atoms with van der Waals surface area (Å²) in [7, 11) is -1.21. The monoisotopic (exact) mass is 421 g/mol. The molecule has 3 rings (SSSR count). The SMILES string of the molecule is COc1ccc(NS(=O)(=O)c2cc(NC(=O)C3CC3[N+](=O)[O-])ccc2OC)cc1. The fourth-order valence-corrected chi connectivity index (χ4v) is 4.02. The molecule has 10 nitrogen and oxygen atoms in total. The summed E-state index contributed by atoms with van der Waals surface area (Å²) >= 11 is 0. The number of rotatable bonds is 8. The first-order valence-electron chi connectivity index (χ1n) is 8.54. The summed E-state index contributed by atoms with van der Waals surface area (Å²) in [5, 5.41) is 13.2. The molecule has 1 saturated carbocycles. The van der Waals surface area contributed by atoms with Crippen LogP contribution in [0.5, 0.6) is 11.5 Å². The molecule has 2 aromatic carbocycles. The number of nitrogens with zero attached hydrogens (tertiary/aromatic N) is 1. The van der Waals surface area contributed by atoms with Gasteiger partial charge in [0.15, 0.2) is 0 Å². The van der Waals surface area contributed by atoms with Crippen molar-refractivity contribution in [2.75, 3.05) is 24.3 Å². The standard InChI is InChI=1S/C18H19N3O7S/c1-27-13-6-3-11(4-7-13)20-29(25,26)17-9-12(5-8-16(17)28-2)19-18(22)14-10-15(14)21(23)24/h3-9,14-15,20H,10H2,1-2H3,(H,19,22). The zero-order chi connectivity index (χ0) is 21.2. The van der Waals surface area contributed by atoms with Crippen molar-refractivity contribution in [1.82, 2.24) is 0 Å².